The Kier molecular flexibility index (Phi) is 10.2. The highest BCUT2D eigenvalue weighted by atomic mass is 16.3. The number of fused-ring (bicyclic) bond motifs is 8. The number of benzene rings is 11. The van der Waals surface area contributed by atoms with E-state index in [0.717, 1.165) is 99.5 Å². The van der Waals surface area contributed by atoms with E-state index in [-0.39, 0.29) is 10.8 Å². The third kappa shape index (κ3) is 7.38. The van der Waals surface area contributed by atoms with Gasteiger partial charge in [0.2, 0.25) is 0 Å². The topological polar surface area (TPSA) is 32.8 Å². The molecule has 0 atom stereocenters. The molecule has 0 N–H and O–H groups in total. The minimum atomic E-state index is -0.130. The maximum Gasteiger partial charge on any atom is 0.139 e. The maximum absolute atomic E-state index is 6.69. The SMILES string of the molecule is CC(C)(c1ccccc1)c1ccc(N(c2ccccc2)c2ccc3cc4c(cc3c2)oc2cc3oc5cc6cc(N(c7ccccc7)c7ccc(C(C)(C)c8ccccc8)cc7)ccc6cc5c3cc24)cc1. The van der Waals surface area contributed by atoms with Crippen LogP contribution >= 0.6 is 0 Å². The van der Waals surface area contributed by atoms with Gasteiger partial charge in [-0.25, -0.2) is 0 Å². The number of furan rings is 2. The number of anilines is 6. The standard InChI is InChI=1S/C68H52N2O2/c1-67(2,49-17-9-5-10-18-49)51-27-33-55(34-28-51)69(53-21-13-7-14-22-53)57-31-25-45-39-59-61-43-62-60-40-46-26-32-58(38-48(46)42-64(60)72-66(62)44-65(61)71-63(59)41-47(45)37-57)70(54-23-15-8-16-24-54)56-35-29-52(30-36-56)68(3,4)50-19-11-6-12-20-50/h5-44H,1-4H3. The van der Waals surface area contributed by atoms with E-state index in [4.69, 9.17) is 8.83 Å². The molecule has 0 aliphatic rings. The largest absolute Gasteiger partial charge is 0.456 e. The van der Waals surface area contributed by atoms with Crippen LogP contribution < -0.4 is 9.80 Å². The van der Waals surface area contributed by atoms with Crippen molar-refractivity contribution in [1.29, 1.82) is 0 Å². The predicted molar refractivity (Wildman–Crippen MR) is 303 cm³/mol. The van der Waals surface area contributed by atoms with Crippen molar-refractivity contribution in [2.45, 2.75) is 38.5 Å². The van der Waals surface area contributed by atoms with Gasteiger partial charge in [-0.2, -0.15) is 0 Å². The Bertz CT molecular complexity index is 3850. The molecular formula is C68H52N2O2. The van der Waals surface area contributed by atoms with E-state index < -0.39 is 0 Å². The van der Waals surface area contributed by atoms with Crippen molar-refractivity contribution in [2.75, 3.05) is 9.80 Å². The summed E-state index contributed by atoms with van der Waals surface area (Å²) in [4.78, 5) is 4.66. The number of rotatable bonds is 10. The van der Waals surface area contributed by atoms with E-state index >= 15 is 0 Å². The molecule has 0 unspecified atom stereocenters. The quantitative estimate of drug-likeness (QED) is 0.137. The van der Waals surface area contributed by atoms with Crippen LogP contribution in [0.1, 0.15) is 49.9 Å². The molecule has 13 aromatic rings. The predicted octanol–water partition coefficient (Wildman–Crippen LogP) is 19.4. The lowest BCUT2D eigenvalue weighted by atomic mass is 9.78. The molecule has 13 rings (SSSR count). The molecule has 2 heterocycles. The van der Waals surface area contributed by atoms with Crippen molar-refractivity contribution >= 4 is 99.5 Å². The van der Waals surface area contributed by atoms with Gasteiger partial charge in [0.25, 0.3) is 0 Å². The van der Waals surface area contributed by atoms with Gasteiger partial charge in [0.05, 0.1) is 0 Å². The smallest absolute Gasteiger partial charge is 0.139 e. The van der Waals surface area contributed by atoms with Gasteiger partial charge in [0.15, 0.2) is 0 Å². The van der Waals surface area contributed by atoms with E-state index in [9.17, 15) is 0 Å². The number of para-hydroxylation sites is 2. The summed E-state index contributed by atoms with van der Waals surface area (Å²) in [6.07, 6.45) is 0. The summed E-state index contributed by atoms with van der Waals surface area (Å²) >= 11 is 0. The van der Waals surface area contributed by atoms with Gasteiger partial charge in [-0.05, 0) is 147 Å². The molecule has 0 fully saturated rings. The lowest BCUT2D eigenvalue weighted by Gasteiger charge is -2.29. The molecule has 72 heavy (non-hydrogen) atoms. The van der Waals surface area contributed by atoms with Gasteiger partial charge in [-0.3, -0.25) is 0 Å². The molecule has 0 saturated heterocycles. The van der Waals surface area contributed by atoms with E-state index in [1.165, 1.54) is 22.3 Å². The first-order valence-corrected chi connectivity index (χ1v) is 24.9. The monoisotopic (exact) mass is 928 g/mol. The molecule has 4 heteroatoms. The van der Waals surface area contributed by atoms with Crippen LogP contribution in [0, 0.1) is 0 Å². The fourth-order valence-electron chi connectivity index (χ4n) is 10.9. The third-order valence-electron chi connectivity index (χ3n) is 15.2. The molecule has 0 saturated carbocycles. The van der Waals surface area contributed by atoms with Crippen molar-refractivity contribution in [3.63, 3.8) is 0 Å². The summed E-state index contributed by atoms with van der Waals surface area (Å²) in [6.45, 7) is 9.16. The van der Waals surface area contributed by atoms with Crippen LogP contribution in [0.5, 0.6) is 0 Å². The summed E-state index contributed by atoms with van der Waals surface area (Å²) in [5, 5.41) is 8.83. The third-order valence-corrected chi connectivity index (χ3v) is 15.2. The van der Waals surface area contributed by atoms with Crippen molar-refractivity contribution < 1.29 is 8.83 Å². The van der Waals surface area contributed by atoms with Gasteiger partial charge >= 0.3 is 0 Å². The Balaban J connectivity index is 0.844. The van der Waals surface area contributed by atoms with Crippen molar-refractivity contribution in [3.05, 3.63) is 265 Å². The fourth-order valence-corrected chi connectivity index (χ4v) is 10.9. The fraction of sp³-hybridized carbons (Fsp3) is 0.0882. The average Bonchev–Trinajstić information content (AvgIpc) is 3.95. The first-order valence-electron chi connectivity index (χ1n) is 24.9. The van der Waals surface area contributed by atoms with Crippen LogP contribution in [-0.4, -0.2) is 0 Å². The minimum absolute atomic E-state index is 0.130. The van der Waals surface area contributed by atoms with E-state index in [0.29, 0.717) is 0 Å². The molecule has 0 radical (unpaired) electrons. The summed E-state index contributed by atoms with van der Waals surface area (Å²) in [5.41, 5.74) is 14.7. The summed E-state index contributed by atoms with van der Waals surface area (Å²) < 4.78 is 13.4. The van der Waals surface area contributed by atoms with Crippen LogP contribution in [0.2, 0.25) is 0 Å². The number of hydrogen-bond donors (Lipinski definition) is 0. The van der Waals surface area contributed by atoms with Crippen LogP contribution in [0.15, 0.2) is 251 Å². The summed E-state index contributed by atoms with van der Waals surface area (Å²) in [6, 6.07) is 87.4. The highest BCUT2D eigenvalue weighted by Gasteiger charge is 2.26. The summed E-state index contributed by atoms with van der Waals surface area (Å²) in [5.74, 6) is 0. The normalized spacial score (nSPS) is 12.2. The zero-order valence-corrected chi connectivity index (χ0v) is 40.8. The average molecular weight is 929 g/mol. The lowest BCUT2D eigenvalue weighted by molar-refractivity contribution is 0.641. The van der Waals surface area contributed by atoms with Gasteiger partial charge < -0.3 is 18.6 Å². The Morgan fingerprint density at radius 2 is 0.556 bits per heavy atom. The second-order valence-electron chi connectivity index (χ2n) is 20.2. The molecule has 0 spiro atoms. The summed E-state index contributed by atoms with van der Waals surface area (Å²) in [7, 11) is 0. The van der Waals surface area contributed by atoms with Crippen LogP contribution in [0.25, 0.3) is 65.4 Å². The van der Waals surface area contributed by atoms with Gasteiger partial charge in [-0.15, -0.1) is 0 Å². The lowest BCUT2D eigenvalue weighted by Crippen LogP contribution is -2.19. The van der Waals surface area contributed by atoms with E-state index in [2.05, 4.69) is 280 Å². The number of hydrogen-bond acceptors (Lipinski definition) is 4. The van der Waals surface area contributed by atoms with Crippen LogP contribution in [0.4, 0.5) is 34.1 Å². The van der Waals surface area contributed by atoms with E-state index in [1.807, 2.05) is 0 Å². The zero-order chi connectivity index (χ0) is 48.6. The second-order valence-corrected chi connectivity index (χ2v) is 20.2. The highest BCUT2D eigenvalue weighted by Crippen LogP contribution is 2.44. The molecular weight excluding hydrogens is 877 g/mol. The molecule has 11 aromatic carbocycles. The molecule has 346 valence electrons. The van der Waals surface area contributed by atoms with E-state index in [1.54, 1.807) is 0 Å². The molecule has 2 aromatic heterocycles. The molecule has 0 amide bonds. The first kappa shape index (κ1) is 43.2. The first-order chi connectivity index (χ1) is 35.2. The van der Waals surface area contributed by atoms with Gasteiger partial charge in [-0.1, -0.05) is 161 Å². The number of nitrogens with zero attached hydrogens (tertiary/aromatic N) is 2. The highest BCUT2D eigenvalue weighted by molar-refractivity contribution is 6.18. The van der Waals surface area contributed by atoms with Crippen molar-refractivity contribution in [3.8, 4) is 0 Å². The Morgan fingerprint density at radius 1 is 0.250 bits per heavy atom. The zero-order valence-electron chi connectivity index (χ0n) is 40.8. The van der Waals surface area contributed by atoms with Crippen molar-refractivity contribution in [2.24, 2.45) is 0 Å². The molecule has 0 aliphatic heterocycles. The Labute approximate surface area is 419 Å². The molecule has 0 aliphatic carbocycles. The Hall–Kier alpha value is -8.86. The van der Waals surface area contributed by atoms with Gasteiger partial charge in [0, 0.05) is 72.6 Å². The molecule has 0 bridgehead atoms. The Morgan fingerprint density at radius 3 is 0.944 bits per heavy atom. The maximum atomic E-state index is 6.69. The second kappa shape index (κ2) is 16.9. The van der Waals surface area contributed by atoms with Crippen LogP contribution in [-0.2, 0) is 10.8 Å². The van der Waals surface area contributed by atoms with Crippen LogP contribution in [0.3, 0.4) is 0 Å². The molecule has 4 nitrogen and oxygen atoms in total. The minimum Gasteiger partial charge on any atom is -0.456 e. The van der Waals surface area contributed by atoms with Gasteiger partial charge in [0.1, 0.15) is 22.3 Å². The van der Waals surface area contributed by atoms with Crippen molar-refractivity contribution in [1.82, 2.24) is 0 Å².